The molecule has 6 heteroatoms. The van der Waals surface area contributed by atoms with Gasteiger partial charge in [0.15, 0.2) is 5.75 Å². The van der Waals surface area contributed by atoms with E-state index in [4.69, 9.17) is 10.5 Å². The van der Waals surface area contributed by atoms with E-state index in [1.165, 1.54) is 6.33 Å². The molecule has 0 aliphatic carbocycles. The Balaban J connectivity index is 2.34. The molecular weight excluding hydrogens is 296 g/mol. The van der Waals surface area contributed by atoms with E-state index in [0.717, 1.165) is 5.69 Å². The number of anilines is 2. The summed E-state index contributed by atoms with van der Waals surface area (Å²) in [6.45, 7) is 0. The van der Waals surface area contributed by atoms with Gasteiger partial charge in [-0.1, -0.05) is 0 Å². The van der Waals surface area contributed by atoms with Crippen LogP contribution < -0.4 is 15.4 Å². The molecule has 0 saturated heterocycles. The Labute approximate surface area is 114 Å². The molecule has 1 aromatic heterocycles. The standard InChI is InChI=1S/C12H13BrN4O/c1-17(2)8-3-4-10(14)11(5-8)18-12-9(13)6-15-7-16-12/h3-7H,14H2,1-2H3. The zero-order valence-electron chi connectivity index (χ0n) is 10.1. The second-order valence-electron chi connectivity index (χ2n) is 3.89. The largest absolute Gasteiger partial charge is 0.436 e. The Kier molecular flexibility index (Phi) is 3.66. The summed E-state index contributed by atoms with van der Waals surface area (Å²) in [7, 11) is 3.91. The molecule has 0 fully saturated rings. The highest BCUT2D eigenvalue weighted by molar-refractivity contribution is 9.10. The number of rotatable bonds is 3. The fraction of sp³-hybridized carbons (Fsp3) is 0.167. The van der Waals surface area contributed by atoms with Gasteiger partial charge in [0.25, 0.3) is 0 Å². The molecular formula is C12H13BrN4O. The van der Waals surface area contributed by atoms with Gasteiger partial charge in [0.1, 0.15) is 6.33 Å². The van der Waals surface area contributed by atoms with E-state index >= 15 is 0 Å². The van der Waals surface area contributed by atoms with Gasteiger partial charge in [-0.05, 0) is 28.1 Å². The van der Waals surface area contributed by atoms with Crippen LogP contribution in [0.4, 0.5) is 11.4 Å². The van der Waals surface area contributed by atoms with E-state index in [0.29, 0.717) is 21.8 Å². The molecule has 0 aliphatic heterocycles. The lowest BCUT2D eigenvalue weighted by Gasteiger charge is -2.15. The maximum atomic E-state index is 5.89. The average Bonchev–Trinajstić information content (AvgIpc) is 2.34. The van der Waals surface area contributed by atoms with Crippen molar-refractivity contribution >= 4 is 27.3 Å². The molecule has 0 saturated carbocycles. The van der Waals surface area contributed by atoms with Crippen LogP contribution in [0.2, 0.25) is 0 Å². The Hall–Kier alpha value is -1.82. The summed E-state index contributed by atoms with van der Waals surface area (Å²) in [5.74, 6) is 1.01. The van der Waals surface area contributed by atoms with E-state index < -0.39 is 0 Å². The fourth-order valence-corrected chi connectivity index (χ4v) is 1.67. The minimum Gasteiger partial charge on any atom is -0.436 e. The van der Waals surface area contributed by atoms with Crippen LogP contribution in [0.5, 0.6) is 11.6 Å². The molecule has 0 atom stereocenters. The van der Waals surface area contributed by atoms with E-state index in [1.807, 2.05) is 31.1 Å². The third-order valence-electron chi connectivity index (χ3n) is 2.35. The van der Waals surface area contributed by atoms with Gasteiger partial charge >= 0.3 is 0 Å². The summed E-state index contributed by atoms with van der Waals surface area (Å²) in [5, 5.41) is 0. The van der Waals surface area contributed by atoms with Crippen LogP contribution >= 0.6 is 15.9 Å². The van der Waals surface area contributed by atoms with Gasteiger partial charge < -0.3 is 15.4 Å². The summed E-state index contributed by atoms with van der Waals surface area (Å²) in [5.41, 5.74) is 7.45. The molecule has 2 aromatic rings. The number of benzene rings is 1. The van der Waals surface area contributed by atoms with E-state index in [9.17, 15) is 0 Å². The summed E-state index contributed by atoms with van der Waals surface area (Å²) in [4.78, 5) is 9.89. The van der Waals surface area contributed by atoms with Crippen molar-refractivity contribution in [3.63, 3.8) is 0 Å². The van der Waals surface area contributed by atoms with E-state index in [2.05, 4.69) is 25.9 Å². The summed E-state index contributed by atoms with van der Waals surface area (Å²) in [6.07, 6.45) is 3.04. The molecule has 2 rings (SSSR count). The molecule has 0 bridgehead atoms. The highest BCUT2D eigenvalue weighted by atomic mass is 79.9. The molecule has 94 valence electrons. The van der Waals surface area contributed by atoms with Crippen molar-refractivity contribution in [2.24, 2.45) is 0 Å². The van der Waals surface area contributed by atoms with Crippen LogP contribution in [-0.4, -0.2) is 24.1 Å². The van der Waals surface area contributed by atoms with Crippen molar-refractivity contribution in [1.82, 2.24) is 9.97 Å². The number of nitrogens with zero attached hydrogens (tertiary/aromatic N) is 3. The maximum Gasteiger partial charge on any atom is 0.236 e. The Morgan fingerprint density at radius 3 is 2.78 bits per heavy atom. The first-order chi connectivity index (χ1) is 8.58. The monoisotopic (exact) mass is 308 g/mol. The molecule has 0 unspecified atom stereocenters. The minimum atomic E-state index is 0.438. The topological polar surface area (TPSA) is 64.3 Å². The van der Waals surface area contributed by atoms with Crippen LogP contribution in [0.15, 0.2) is 35.2 Å². The van der Waals surface area contributed by atoms with Crippen LogP contribution in [-0.2, 0) is 0 Å². The number of nitrogen functional groups attached to an aromatic ring is 1. The number of hydrogen-bond acceptors (Lipinski definition) is 5. The van der Waals surface area contributed by atoms with Crippen molar-refractivity contribution < 1.29 is 4.74 Å². The predicted molar refractivity (Wildman–Crippen MR) is 75.0 cm³/mol. The Morgan fingerprint density at radius 1 is 1.33 bits per heavy atom. The van der Waals surface area contributed by atoms with Crippen LogP contribution in [0, 0.1) is 0 Å². The van der Waals surface area contributed by atoms with Crippen LogP contribution in [0.3, 0.4) is 0 Å². The Bertz CT molecular complexity index is 560. The highest BCUT2D eigenvalue weighted by Crippen LogP contribution is 2.32. The van der Waals surface area contributed by atoms with Gasteiger partial charge in [0.2, 0.25) is 5.88 Å². The molecule has 18 heavy (non-hydrogen) atoms. The average molecular weight is 309 g/mol. The van der Waals surface area contributed by atoms with E-state index in [1.54, 1.807) is 12.3 Å². The number of ether oxygens (including phenoxy) is 1. The minimum absolute atomic E-state index is 0.438. The third-order valence-corrected chi connectivity index (χ3v) is 2.90. The lowest BCUT2D eigenvalue weighted by molar-refractivity contribution is 0.460. The summed E-state index contributed by atoms with van der Waals surface area (Å²) in [6, 6.07) is 5.60. The lowest BCUT2D eigenvalue weighted by atomic mass is 10.2. The fourth-order valence-electron chi connectivity index (χ4n) is 1.37. The van der Waals surface area contributed by atoms with Crippen molar-refractivity contribution in [2.75, 3.05) is 24.7 Å². The molecule has 1 aromatic carbocycles. The van der Waals surface area contributed by atoms with Crippen LogP contribution in [0.25, 0.3) is 0 Å². The maximum absolute atomic E-state index is 5.89. The number of halogens is 1. The van der Waals surface area contributed by atoms with Crippen molar-refractivity contribution in [1.29, 1.82) is 0 Å². The lowest BCUT2D eigenvalue weighted by Crippen LogP contribution is -2.08. The number of hydrogen-bond donors (Lipinski definition) is 1. The zero-order valence-corrected chi connectivity index (χ0v) is 11.7. The quantitative estimate of drug-likeness (QED) is 0.883. The van der Waals surface area contributed by atoms with Gasteiger partial charge in [-0.2, -0.15) is 0 Å². The van der Waals surface area contributed by atoms with Gasteiger partial charge in [-0.3, -0.25) is 0 Å². The number of nitrogens with two attached hydrogens (primary N) is 1. The SMILES string of the molecule is CN(C)c1ccc(N)c(Oc2ncncc2Br)c1. The van der Waals surface area contributed by atoms with Crippen molar-refractivity contribution in [3.05, 3.63) is 35.2 Å². The zero-order chi connectivity index (χ0) is 13.1. The summed E-state index contributed by atoms with van der Waals surface area (Å²) < 4.78 is 6.36. The molecule has 0 amide bonds. The van der Waals surface area contributed by atoms with Crippen molar-refractivity contribution in [3.8, 4) is 11.6 Å². The summed E-state index contributed by atoms with van der Waals surface area (Å²) >= 11 is 3.32. The Morgan fingerprint density at radius 2 is 2.11 bits per heavy atom. The van der Waals surface area contributed by atoms with Crippen molar-refractivity contribution in [2.45, 2.75) is 0 Å². The predicted octanol–water partition coefficient (Wildman–Crippen LogP) is 2.68. The molecule has 5 nitrogen and oxygen atoms in total. The van der Waals surface area contributed by atoms with Gasteiger partial charge in [0, 0.05) is 32.0 Å². The second kappa shape index (κ2) is 5.22. The number of aromatic nitrogens is 2. The third kappa shape index (κ3) is 2.70. The first kappa shape index (κ1) is 12.6. The van der Waals surface area contributed by atoms with Gasteiger partial charge in [-0.15, -0.1) is 0 Å². The second-order valence-corrected chi connectivity index (χ2v) is 4.75. The van der Waals surface area contributed by atoms with Gasteiger partial charge in [-0.25, -0.2) is 9.97 Å². The molecule has 0 aliphatic rings. The smallest absolute Gasteiger partial charge is 0.236 e. The first-order valence-corrected chi connectivity index (χ1v) is 6.07. The first-order valence-electron chi connectivity index (χ1n) is 5.28. The highest BCUT2D eigenvalue weighted by Gasteiger charge is 2.08. The van der Waals surface area contributed by atoms with E-state index in [-0.39, 0.29) is 0 Å². The van der Waals surface area contributed by atoms with Gasteiger partial charge in [0.05, 0.1) is 10.2 Å². The molecule has 0 radical (unpaired) electrons. The molecule has 2 N–H and O–H groups in total. The normalized spacial score (nSPS) is 10.2. The molecule has 0 spiro atoms. The molecule has 1 heterocycles. The van der Waals surface area contributed by atoms with Crippen LogP contribution in [0.1, 0.15) is 0 Å².